The minimum atomic E-state index is -0.564. The molecule has 0 aliphatic rings. The Hall–Kier alpha value is -2.26. The zero-order chi connectivity index (χ0) is 16.7. The number of carbonyl (C=O) groups is 1. The van der Waals surface area contributed by atoms with Crippen LogP contribution in [-0.2, 0) is 4.79 Å². The summed E-state index contributed by atoms with van der Waals surface area (Å²) in [5, 5.41) is 10.5. The molecular weight excluding hydrogens is 308 g/mol. The first-order valence-corrected chi connectivity index (χ1v) is 8.50. The molecule has 2 N–H and O–H groups in total. The van der Waals surface area contributed by atoms with E-state index in [1.54, 1.807) is 0 Å². The number of amides is 1. The van der Waals surface area contributed by atoms with E-state index < -0.39 is 5.54 Å². The van der Waals surface area contributed by atoms with E-state index in [1.807, 2.05) is 44.2 Å². The molecule has 0 radical (unpaired) electrons. The molecule has 1 heterocycles. The highest BCUT2D eigenvalue weighted by Gasteiger charge is 2.25. The van der Waals surface area contributed by atoms with Crippen molar-refractivity contribution in [2.45, 2.75) is 37.4 Å². The highest BCUT2D eigenvalue weighted by atomic mass is 32.2. The number of rotatable bonds is 7. The summed E-state index contributed by atoms with van der Waals surface area (Å²) >= 11 is 1.28. The van der Waals surface area contributed by atoms with Crippen LogP contribution in [0.1, 0.15) is 26.7 Å². The van der Waals surface area contributed by atoms with E-state index in [9.17, 15) is 4.79 Å². The van der Waals surface area contributed by atoms with Crippen LogP contribution in [0.5, 0.6) is 0 Å². The van der Waals surface area contributed by atoms with E-state index in [0.717, 1.165) is 5.56 Å². The van der Waals surface area contributed by atoms with Gasteiger partial charge in [0.15, 0.2) is 5.82 Å². The Balaban J connectivity index is 1.93. The molecule has 1 aromatic heterocycles. The molecule has 0 unspecified atom stereocenters. The Morgan fingerprint density at radius 3 is 2.65 bits per heavy atom. The molecule has 6 heteroatoms. The quantitative estimate of drug-likeness (QED) is 0.606. The maximum absolute atomic E-state index is 12.1. The molecular formula is C17H20N4OS. The topological polar surface area (TPSA) is 70.7 Å². The van der Waals surface area contributed by atoms with Gasteiger partial charge in [0, 0.05) is 5.56 Å². The summed E-state index contributed by atoms with van der Waals surface area (Å²) in [5.41, 5.74) is 0.394. The van der Waals surface area contributed by atoms with E-state index in [0.29, 0.717) is 23.8 Å². The lowest BCUT2D eigenvalue weighted by Crippen LogP contribution is -2.47. The van der Waals surface area contributed by atoms with Crippen molar-refractivity contribution < 1.29 is 4.79 Å². The zero-order valence-corrected chi connectivity index (χ0v) is 14.1. The molecule has 0 saturated heterocycles. The van der Waals surface area contributed by atoms with Gasteiger partial charge in [0.2, 0.25) is 11.1 Å². The SMILES string of the molecule is C#CC(CC)(CC)NC(=O)CSc1n[nH]c(-c2ccccc2)n1. The van der Waals surface area contributed by atoms with Crippen molar-refractivity contribution >= 4 is 17.7 Å². The Bertz CT molecular complexity index is 686. The molecule has 1 amide bonds. The third-order valence-corrected chi connectivity index (χ3v) is 4.55. The number of terminal acetylenes is 1. The molecule has 5 nitrogen and oxygen atoms in total. The van der Waals surface area contributed by atoms with E-state index in [4.69, 9.17) is 6.42 Å². The van der Waals surface area contributed by atoms with E-state index in [2.05, 4.69) is 26.4 Å². The van der Waals surface area contributed by atoms with Crippen molar-refractivity contribution in [3.05, 3.63) is 30.3 Å². The van der Waals surface area contributed by atoms with Crippen LogP contribution in [0.4, 0.5) is 0 Å². The number of hydrogen-bond acceptors (Lipinski definition) is 4. The third kappa shape index (κ3) is 4.36. The second-order valence-electron chi connectivity index (χ2n) is 5.10. The first-order valence-electron chi connectivity index (χ1n) is 7.52. The second kappa shape index (κ2) is 7.84. The number of hydrogen-bond donors (Lipinski definition) is 2. The maximum atomic E-state index is 12.1. The third-order valence-electron chi connectivity index (χ3n) is 3.71. The van der Waals surface area contributed by atoms with Gasteiger partial charge < -0.3 is 5.32 Å². The van der Waals surface area contributed by atoms with Gasteiger partial charge in [0.05, 0.1) is 5.75 Å². The van der Waals surface area contributed by atoms with E-state index >= 15 is 0 Å². The molecule has 120 valence electrons. The van der Waals surface area contributed by atoms with Crippen LogP contribution in [-0.4, -0.2) is 32.4 Å². The van der Waals surface area contributed by atoms with Crippen LogP contribution in [0, 0.1) is 12.3 Å². The van der Waals surface area contributed by atoms with Crippen molar-refractivity contribution in [3.8, 4) is 23.7 Å². The highest BCUT2D eigenvalue weighted by Crippen LogP contribution is 2.19. The fourth-order valence-electron chi connectivity index (χ4n) is 2.14. The zero-order valence-electron chi connectivity index (χ0n) is 13.3. The van der Waals surface area contributed by atoms with Gasteiger partial charge >= 0.3 is 0 Å². The molecule has 2 aromatic rings. The number of thioether (sulfide) groups is 1. The van der Waals surface area contributed by atoms with Crippen molar-refractivity contribution in [1.82, 2.24) is 20.5 Å². The summed E-state index contributed by atoms with van der Waals surface area (Å²) in [6.45, 7) is 3.94. The van der Waals surface area contributed by atoms with Gasteiger partial charge in [0.25, 0.3) is 0 Å². The van der Waals surface area contributed by atoms with Gasteiger partial charge in [-0.2, -0.15) is 0 Å². The molecule has 2 rings (SSSR count). The van der Waals surface area contributed by atoms with E-state index in [-0.39, 0.29) is 11.7 Å². The highest BCUT2D eigenvalue weighted by molar-refractivity contribution is 7.99. The first-order chi connectivity index (χ1) is 11.1. The Kier molecular flexibility index (Phi) is 5.83. The molecule has 0 aliphatic carbocycles. The van der Waals surface area contributed by atoms with Crippen molar-refractivity contribution in [3.63, 3.8) is 0 Å². The van der Waals surface area contributed by atoms with Crippen molar-refractivity contribution in [1.29, 1.82) is 0 Å². The van der Waals surface area contributed by atoms with Crippen LogP contribution in [0.25, 0.3) is 11.4 Å². The number of carbonyl (C=O) groups excluding carboxylic acids is 1. The number of nitrogens with zero attached hydrogens (tertiary/aromatic N) is 2. The second-order valence-corrected chi connectivity index (χ2v) is 6.05. The van der Waals surface area contributed by atoms with Gasteiger partial charge in [-0.3, -0.25) is 9.89 Å². The summed E-state index contributed by atoms with van der Waals surface area (Å²) in [4.78, 5) is 16.5. The Morgan fingerprint density at radius 2 is 2.04 bits per heavy atom. The van der Waals surface area contributed by atoms with Crippen molar-refractivity contribution in [2.24, 2.45) is 0 Å². The molecule has 1 aromatic carbocycles. The Morgan fingerprint density at radius 1 is 1.35 bits per heavy atom. The molecule has 0 spiro atoms. The number of aromatic amines is 1. The first kappa shape index (κ1) is 17.1. The van der Waals surface area contributed by atoms with Gasteiger partial charge in [-0.25, -0.2) is 4.98 Å². The van der Waals surface area contributed by atoms with Gasteiger partial charge in [-0.15, -0.1) is 11.5 Å². The predicted molar refractivity (Wildman–Crippen MR) is 92.8 cm³/mol. The largest absolute Gasteiger partial charge is 0.339 e. The normalized spacial score (nSPS) is 11.0. The van der Waals surface area contributed by atoms with Crippen LogP contribution >= 0.6 is 11.8 Å². The summed E-state index contributed by atoms with van der Waals surface area (Å²) in [6.07, 6.45) is 6.96. The minimum Gasteiger partial charge on any atom is -0.339 e. The molecule has 0 bridgehead atoms. The average Bonchev–Trinajstić information content (AvgIpc) is 3.08. The number of nitrogens with one attached hydrogen (secondary N) is 2. The predicted octanol–water partition coefficient (Wildman–Crippen LogP) is 2.87. The molecule has 0 fully saturated rings. The lowest BCUT2D eigenvalue weighted by Gasteiger charge is -2.26. The smallest absolute Gasteiger partial charge is 0.231 e. The summed E-state index contributed by atoms with van der Waals surface area (Å²) in [5.74, 6) is 3.50. The van der Waals surface area contributed by atoms with Crippen LogP contribution in [0.15, 0.2) is 35.5 Å². The van der Waals surface area contributed by atoms with E-state index in [1.165, 1.54) is 11.8 Å². The molecule has 0 aliphatic heterocycles. The van der Waals surface area contributed by atoms with Crippen LogP contribution in [0.2, 0.25) is 0 Å². The lowest BCUT2D eigenvalue weighted by atomic mass is 9.94. The monoisotopic (exact) mass is 328 g/mol. The fraction of sp³-hybridized carbons (Fsp3) is 0.353. The van der Waals surface area contributed by atoms with Gasteiger partial charge in [-0.1, -0.05) is 61.9 Å². The summed E-state index contributed by atoms with van der Waals surface area (Å²) < 4.78 is 0. The number of benzene rings is 1. The minimum absolute atomic E-state index is 0.109. The Labute approximate surface area is 140 Å². The maximum Gasteiger partial charge on any atom is 0.231 e. The molecule has 23 heavy (non-hydrogen) atoms. The molecule has 0 atom stereocenters. The standard InChI is InChI=1S/C17H20N4OS/c1-4-17(5-2,6-3)19-14(22)12-23-16-18-15(20-21-16)13-10-8-7-9-11-13/h1,7-11H,5-6,12H2,2-3H3,(H,19,22)(H,18,20,21). The summed E-state index contributed by atoms with van der Waals surface area (Å²) in [6, 6.07) is 9.72. The number of H-pyrrole nitrogens is 1. The van der Waals surface area contributed by atoms with Crippen molar-refractivity contribution in [2.75, 3.05) is 5.75 Å². The fourth-order valence-corrected chi connectivity index (χ4v) is 2.73. The van der Waals surface area contributed by atoms with Crippen LogP contribution in [0.3, 0.4) is 0 Å². The van der Waals surface area contributed by atoms with Crippen LogP contribution < -0.4 is 5.32 Å². The average molecular weight is 328 g/mol. The lowest BCUT2D eigenvalue weighted by molar-refractivity contribution is -0.119. The molecule has 0 saturated carbocycles. The van der Waals surface area contributed by atoms with Gasteiger partial charge in [0.1, 0.15) is 5.54 Å². The van der Waals surface area contributed by atoms with Gasteiger partial charge in [-0.05, 0) is 12.8 Å². The number of aromatic nitrogens is 3. The summed E-state index contributed by atoms with van der Waals surface area (Å²) in [7, 11) is 0.